The van der Waals surface area contributed by atoms with Gasteiger partial charge in [0.25, 0.3) is 0 Å². The predicted molar refractivity (Wildman–Crippen MR) is 75.0 cm³/mol. The summed E-state index contributed by atoms with van der Waals surface area (Å²) < 4.78 is 0. The van der Waals surface area contributed by atoms with Crippen LogP contribution in [-0.4, -0.2) is 18.2 Å². The van der Waals surface area contributed by atoms with Gasteiger partial charge in [0.05, 0.1) is 0 Å². The van der Waals surface area contributed by atoms with Crippen LogP contribution < -0.4 is 16.2 Å². The molecule has 0 saturated heterocycles. The summed E-state index contributed by atoms with van der Waals surface area (Å²) in [6.07, 6.45) is 0.741. The Balaban J connectivity index is 0. The maximum absolute atomic E-state index is 9.34. The number of phenolic OH excluding ortho intramolecular Hbond substituents is 1. The summed E-state index contributed by atoms with van der Waals surface area (Å²) >= 11 is 0. The van der Waals surface area contributed by atoms with Crippen molar-refractivity contribution in [2.24, 2.45) is 0 Å². The smallest absolute Gasteiger partial charge is 0.133 e. The Kier molecular flexibility index (Phi) is 9.90. The van der Waals surface area contributed by atoms with E-state index in [4.69, 9.17) is 9.90 Å². The first-order valence-electron chi connectivity index (χ1n) is 5.93. The van der Waals surface area contributed by atoms with Crippen LogP contribution in [0.3, 0.4) is 0 Å². The van der Waals surface area contributed by atoms with Crippen molar-refractivity contribution in [1.29, 1.82) is 0 Å². The first-order valence-corrected chi connectivity index (χ1v) is 5.93. The van der Waals surface area contributed by atoms with Crippen molar-refractivity contribution in [3.05, 3.63) is 29.8 Å². The summed E-state index contributed by atoms with van der Waals surface area (Å²) in [5.74, 6) is 0.326. The average molecular weight is 291 g/mol. The lowest BCUT2D eigenvalue weighted by Gasteiger charge is -2.23. The zero-order valence-corrected chi connectivity index (χ0v) is 12.4. The number of quaternary nitrogens is 1. The molecule has 1 amide bonds. The van der Waals surface area contributed by atoms with Gasteiger partial charge in [0.2, 0.25) is 0 Å². The van der Waals surface area contributed by atoms with Crippen molar-refractivity contribution < 1.29 is 20.7 Å². The Labute approximate surface area is 120 Å². The Morgan fingerprint density at radius 2 is 1.89 bits per heavy atom. The van der Waals surface area contributed by atoms with Crippen LogP contribution in [0.2, 0.25) is 0 Å². The maximum Gasteiger partial charge on any atom is 0.133 e. The van der Waals surface area contributed by atoms with Crippen LogP contribution in [0, 0.1) is 0 Å². The monoisotopic (exact) mass is 290 g/mol. The molecule has 0 aliphatic heterocycles. The number of aromatic hydroxyl groups is 1. The van der Waals surface area contributed by atoms with Crippen LogP contribution in [-0.2, 0) is 5.54 Å². The highest BCUT2D eigenvalue weighted by molar-refractivity contribution is 5.85. The molecule has 6 heteroatoms. The molecule has 1 aromatic rings. The third-order valence-electron chi connectivity index (χ3n) is 3.02. The molecule has 5 N–H and O–H groups in total. The van der Waals surface area contributed by atoms with Crippen LogP contribution in [0.1, 0.15) is 32.3 Å². The number of carboxylic acid groups (broad SMARTS) is 1. The van der Waals surface area contributed by atoms with Crippen molar-refractivity contribution in [1.82, 2.24) is 5.32 Å². The topological polar surface area (TPSA) is 100 Å². The lowest BCUT2D eigenvalue weighted by Crippen LogP contribution is -2.69. The minimum atomic E-state index is -1.25. The van der Waals surface area contributed by atoms with Gasteiger partial charge < -0.3 is 26.1 Å². The number of carbonyl (C=O) groups excluding carboxylic acids is 1. The highest BCUT2D eigenvalue weighted by Gasteiger charge is 2.27. The Bertz CT molecular complexity index is 382. The van der Waals surface area contributed by atoms with Crippen LogP contribution in [0.15, 0.2) is 24.3 Å². The molecule has 0 aromatic heterocycles. The minimum absolute atomic E-state index is 0. The highest BCUT2D eigenvalue weighted by atomic mass is 35.5. The van der Waals surface area contributed by atoms with Crippen LogP contribution >= 0.6 is 12.4 Å². The number of benzene rings is 1. The fourth-order valence-corrected chi connectivity index (χ4v) is 1.49. The molecule has 0 radical (unpaired) electrons. The Morgan fingerprint density at radius 3 is 2.21 bits per heavy atom. The van der Waals surface area contributed by atoms with Gasteiger partial charge in [-0.1, -0.05) is 26.0 Å². The predicted octanol–water partition coefficient (Wildman–Crippen LogP) is 0.620. The van der Waals surface area contributed by atoms with Gasteiger partial charge in [0.15, 0.2) is 0 Å². The van der Waals surface area contributed by atoms with E-state index < -0.39 is 6.09 Å². The van der Waals surface area contributed by atoms with Crippen molar-refractivity contribution in [3.63, 3.8) is 0 Å². The number of rotatable bonds is 3. The summed E-state index contributed by atoms with van der Waals surface area (Å²) in [6.45, 7) is 4.25. The lowest BCUT2D eigenvalue weighted by molar-refractivity contribution is -0.490. The fraction of sp³-hybridized carbons (Fsp3) is 0.462. The van der Waals surface area contributed by atoms with E-state index in [1.54, 1.807) is 12.1 Å². The van der Waals surface area contributed by atoms with Gasteiger partial charge in [0, 0.05) is 25.5 Å². The number of carbonyl (C=O) groups is 1. The first-order chi connectivity index (χ1) is 8.39. The van der Waals surface area contributed by atoms with Gasteiger partial charge in [-0.3, -0.25) is 0 Å². The van der Waals surface area contributed by atoms with E-state index in [0.717, 1.165) is 18.4 Å². The fourth-order valence-electron chi connectivity index (χ4n) is 1.49. The van der Waals surface area contributed by atoms with Gasteiger partial charge >= 0.3 is 0 Å². The molecule has 110 valence electrons. The molecule has 0 spiro atoms. The zero-order chi connectivity index (χ0) is 14.2. The zero-order valence-electron chi connectivity index (χ0n) is 11.6. The van der Waals surface area contributed by atoms with E-state index in [9.17, 15) is 5.11 Å². The molecule has 0 atom stereocenters. The number of phenols is 1. The van der Waals surface area contributed by atoms with E-state index in [2.05, 4.69) is 19.6 Å². The molecule has 0 fully saturated rings. The average Bonchev–Trinajstić information content (AvgIpc) is 2.38. The second-order valence-corrected chi connectivity index (χ2v) is 4.08. The molecule has 0 aliphatic carbocycles. The van der Waals surface area contributed by atoms with Gasteiger partial charge in [-0.25, -0.2) is 0 Å². The minimum Gasteiger partial charge on any atom is -0.530 e. The first kappa shape index (κ1) is 19.9. The quantitative estimate of drug-likeness (QED) is 0.761. The van der Waals surface area contributed by atoms with Crippen molar-refractivity contribution >= 4 is 18.5 Å². The van der Waals surface area contributed by atoms with Crippen molar-refractivity contribution in [2.75, 3.05) is 7.05 Å². The molecule has 0 aliphatic rings. The second-order valence-electron chi connectivity index (χ2n) is 4.08. The SMILES string of the molecule is CCC([NH3+])(CC)c1cccc(O)c1.CNC(=O)[O-].Cl. The Morgan fingerprint density at radius 1 is 1.42 bits per heavy atom. The van der Waals surface area contributed by atoms with Gasteiger partial charge in [-0.15, -0.1) is 12.4 Å². The molecule has 0 saturated carbocycles. The number of nitrogens with one attached hydrogen (secondary N) is 1. The largest absolute Gasteiger partial charge is 0.530 e. The molecule has 19 heavy (non-hydrogen) atoms. The lowest BCUT2D eigenvalue weighted by atomic mass is 9.86. The molecule has 0 heterocycles. The van der Waals surface area contributed by atoms with Gasteiger partial charge in [-0.2, -0.15) is 0 Å². The van der Waals surface area contributed by atoms with Crippen LogP contribution in [0.5, 0.6) is 5.75 Å². The number of hydrogen-bond acceptors (Lipinski definition) is 3. The van der Waals surface area contributed by atoms with Crippen molar-refractivity contribution in [2.45, 2.75) is 32.2 Å². The molecular formula is C13H23ClN2O3. The van der Waals surface area contributed by atoms with Gasteiger partial charge in [-0.05, 0) is 12.1 Å². The normalized spacial score (nSPS) is 9.68. The third kappa shape index (κ3) is 6.88. The van der Waals surface area contributed by atoms with Gasteiger partial charge in [0.1, 0.15) is 17.4 Å². The number of amides is 1. The molecule has 1 rings (SSSR count). The van der Waals surface area contributed by atoms with Crippen molar-refractivity contribution in [3.8, 4) is 5.75 Å². The van der Waals surface area contributed by atoms with E-state index >= 15 is 0 Å². The molecular weight excluding hydrogens is 268 g/mol. The third-order valence-corrected chi connectivity index (χ3v) is 3.02. The number of hydrogen-bond donors (Lipinski definition) is 3. The molecule has 0 bridgehead atoms. The van der Waals surface area contributed by atoms with Crippen LogP contribution in [0.4, 0.5) is 4.79 Å². The van der Waals surface area contributed by atoms with E-state index in [-0.39, 0.29) is 17.9 Å². The summed E-state index contributed by atoms with van der Waals surface area (Å²) in [5.41, 5.74) is 5.29. The molecule has 0 unspecified atom stereocenters. The molecule has 1 aromatic carbocycles. The summed E-state index contributed by atoms with van der Waals surface area (Å²) in [4.78, 5) is 9.15. The highest BCUT2D eigenvalue weighted by Crippen LogP contribution is 2.25. The Hall–Kier alpha value is -1.46. The van der Waals surface area contributed by atoms with E-state index in [1.807, 2.05) is 17.4 Å². The van der Waals surface area contributed by atoms with E-state index in [0.29, 0.717) is 5.75 Å². The number of halogens is 1. The maximum atomic E-state index is 9.34. The summed E-state index contributed by atoms with van der Waals surface area (Å²) in [7, 11) is 1.29. The van der Waals surface area contributed by atoms with Crippen LogP contribution in [0.25, 0.3) is 0 Å². The summed E-state index contributed by atoms with van der Waals surface area (Å²) in [5, 5.41) is 20.3. The van der Waals surface area contributed by atoms with E-state index in [1.165, 1.54) is 7.05 Å². The molecule has 5 nitrogen and oxygen atoms in total. The standard InChI is InChI=1S/C11H17NO.C2H5NO2.ClH/c1-3-11(12,4-2)9-6-5-7-10(13)8-9;1-3-2(4)5;/h5-8,13H,3-4,12H2,1-2H3;3H,1H3,(H,4,5);1H. The summed E-state index contributed by atoms with van der Waals surface area (Å²) in [6, 6.07) is 7.39. The second kappa shape index (κ2) is 9.47.